The van der Waals surface area contributed by atoms with Crippen LogP contribution in [-0.2, 0) is 12.8 Å². The van der Waals surface area contributed by atoms with Crippen LogP contribution in [-0.4, -0.2) is 34.8 Å². The van der Waals surface area contributed by atoms with E-state index in [0.29, 0.717) is 12.6 Å². The van der Waals surface area contributed by atoms with Gasteiger partial charge in [-0.1, -0.05) is 19.9 Å². The van der Waals surface area contributed by atoms with Gasteiger partial charge in [-0.2, -0.15) is 0 Å². The summed E-state index contributed by atoms with van der Waals surface area (Å²) in [6.07, 6.45) is 2.82. The van der Waals surface area contributed by atoms with Crippen molar-refractivity contribution in [1.82, 2.24) is 4.90 Å². The monoisotopic (exact) mass is 339 g/mol. The van der Waals surface area contributed by atoms with E-state index in [0.717, 1.165) is 54.8 Å². The van der Waals surface area contributed by atoms with Crippen LogP contribution in [0.3, 0.4) is 0 Å². The number of benzene rings is 2. The topological polar surface area (TPSA) is 52.9 Å². The third-order valence-corrected chi connectivity index (χ3v) is 5.49. The molecule has 0 fully saturated rings. The zero-order chi connectivity index (χ0) is 17.6. The van der Waals surface area contributed by atoms with Gasteiger partial charge in [0, 0.05) is 18.2 Å². The van der Waals surface area contributed by atoms with E-state index in [4.69, 9.17) is 4.74 Å². The SMILES string of the molecule is CCCOc1cc2c3c(c1)-c1c(ccc(O)c1O)CC3N(CC)CC2. The molecule has 2 aromatic carbocycles. The van der Waals surface area contributed by atoms with Crippen LogP contribution in [0.25, 0.3) is 11.1 Å². The summed E-state index contributed by atoms with van der Waals surface area (Å²) in [6.45, 7) is 7.03. The van der Waals surface area contributed by atoms with E-state index in [1.807, 2.05) is 12.1 Å². The summed E-state index contributed by atoms with van der Waals surface area (Å²) in [6, 6.07) is 8.07. The van der Waals surface area contributed by atoms with Crippen molar-refractivity contribution >= 4 is 0 Å². The summed E-state index contributed by atoms with van der Waals surface area (Å²) in [7, 11) is 0. The summed E-state index contributed by atoms with van der Waals surface area (Å²) in [5.41, 5.74) is 5.48. The Kier molecular flexibility index (Phi) is 4.08. The second-order valence-electron chi connectivity index (χ2n) is 6.96. The molecular weight excluding hydrogens is 314 g/mol. The van der Waals surface area contributed by atoms with Gasteiger partial charge < -0.3 is 14.9 Å². The van der Waals surface area contributed by atoms with Gasteiger partial charge in [0.1, 0.15) is 5.75 Å². The molecule has 2 aromatic rings. The fourth-order valence-electron chi connectivity index (χ4n) is 4.31. The number of hydrogen-bond donors (Lipinski definition) is 2. The van der Waals surface area contributed by atoms with Gasteiger partial charge in [0.25, 0.3) is 0 Å². The first-order chi connectivity index (χ1) is 12.1. The molecule has 132 valence electrons. The highest BCUT2D eigenvalue weighted by molar-refractivity contribution is 5.83. The Morgan fingerprint density at radius 3 is 2.76 bits per heavy atom. The van der Waals surface area contributed by atoms with Crippen molar-refractivity contribution in [3.8, 4) is 28.4 Å². The van der Waals surface area contributed by atoms with Crippen LogP contribution in [0.1, 0.15) is 43.0 Å². The summed E-state index contributed by atoms with van der Waals surface area (Å²) < 4.78 is 5.90. The smallest absolute Gasteiger partial charge is 0.165 e. The maximum atomic E-state index is 10.5. The van der Waals surface area contributed by atoms with Gasteiger partial charge in [-0.25, -0.2) is 0 Å². The summed E-state index contributed by atoms with van der Waals surface area (Å²) >= 11 is 0. The molecule has 4 rings (SSSR count). The van der Waals surface area contributed by atoms with Gasteiger partial charge in [-0.15, -0.1) is 0 Å². The van der Waals surface area contributed by atoms with E-state index >= 15 is 0 Å². The largest absolute Gasteiger partial charge is 0.504 e. The van der Waals surface area contributed by atoms with Gasteiger partial charge in [-0.05, 0) is 66.3 Å². The van der Waals surface area contributed by atoms with Crippen molar-refractivity contribution < 1.29 is 14.9 Å². The van der Waals surface area contributed by atoms with E-state index in [-0.39, 0.29) is 11.5 Å². The van der Waals surface area contributed by atoms with Crippen molar-refractivity contribution in [1.29, 1.82) is 0 Å². The van der Waals surface area contributed by atoms with Gasteiger partial charge in [-0.3, -0.25) is 4.90 Å². The highest BCUT2D eigenvalue weighted by atomic mass is 16.5. The predicted octanol–water partition coefficient (Wildman–Crippen LogP) is 4.03. The first kappa shape index (κ1) is 16.3. The Morgan fingerprint density at radius 1 is 1.16 bits per heavy atom. The minimum absolute atomic E-state index is 0.0144. The third kappa shape index (κ3) is 2.56. The molecule has 4 nitrogen and oxygen atoms in total. The van der Waals surface area contributed by atoms with Gasteiger partial charge in [0.15, 0.2) is 11.5 Å². The molecule has 0 bridgehead atoms. The van der Waals surface area contributed by atoms with Gasteiger partial charge in [0.05, 0.1) is 6.61 Å². The van der Waals surface area contributed by atoms with Crippen LogP contribution in [0.5, 0.6) is 17.2 Å². The summed E-state index contributed by atoms with van der Waals surface area (Å²) in [5, 5.41) is 20.6. The third-order valence-electron chi connectivity index (χ3n) is 5.49. The predicted molar refractivity (Wildman–Crippen MR) is 98.4 cm³/mol. The molecule has 0 aromatic heterocycles. The van der Waals surface area contributed by atoms with E-state index in [1.165, 1.54) is 11.1 Å². The molecule has 25 heavy (non-hydrogen) atoms. The lowest BCUT2D eigenvalue weighted by Gasteiger charge is -2.41. The molecule has 0 radical (unpaired) electrons. The van der Waals surface area contributed by atoms with Gasteiger partial charge in [0.2, 0.25) is 0 Å². The van der Waals surface area contributed by atoms with E-state index < -0.39 is 0 Å². The first-order valence-corrected chi connectivity index (χ1v) is 9.21. The highest BCUT2D eigenvalue weighted by Crippen LogP contribution is 2.51. The van der Waals surface area contributed by atoms with E-state index in [9.17, 15) is 10.2 Å². The molecular formula is C21H25NO3. The molecule has 0 saturated carbocycles. The highest BCUT2D eigenvalue weighted by Gasteiger charge is 2.35. The molecule has 1 aliphatic heterocycles. The Labute approximate surface area is 148 Å². The normalized spacial score (nSPS) is 18.6. The fraction of sp³-hybridized carbons (Fsp3) is 0.429. The van der Waals surface area contributed by atoms with Crippen LogP contribution >= 0.6 is 0 Å². The first-order valence-electron chi connectivity index (χ1n) is 9.21. The maximum absolute atomic E-state index is 10.5. The minimum atomic E-state index is -0.0611. The van der Waals surface area contributed by atoms with E-state index in [2.05, 4.69) is 24.8 Å². The van der Waals surface area contributed by atoms with Crippen molar-refractivity contribution in [3.05, 3.63) is 41.0 Å². The standard InChI is InChI=1S/C21H25NO3/c1-3-9-25-15-10-14-7-8-22(4-2)17-11-13-5-6-18(23)21(24)20(13)16(12-15)19(14)17/h5-6,10,12,17,23-24H,3-4,7-9,11H2,1-2H3. The van der Waals surface area contributed by atoms with Crippen LogP contribution < -0.4 is 4.74 Å². The van der Waals surface area contributed by atoms with Crippen molar-refractivity contribution in [3.63, 3.8) is 0 Å². The minimum Gasteiger partial charge on any atom is -0.504 e. The van der Waals surface area contributed by atoms with E-state index in [1.54, 1.807) is 6.07 Å². The number of aromatic hydroxyl groups is 2. The number of hydrogen-bond acceptors (Lipinski definition) is 4. The average Bonchev–Trinajstić information content (AvgIpc) is 2.63. The fourth-order valence-corrected chi connectivity index (χ4v) is 4.31. The number of nitrogens with zero attached hydrogens (tertiary/aromatic N) is 1. The quantitative estimate of drug-likeness (QED) is 0.826. The lowest BCUT2D eigenvalue weighted by molar-refractivity contribution is 0.192. The number of phenolic OH excluding ortho intramolecular Hbond substituents is 2. The van der Waals surface area contributed by atoms with Crippen LogP contribution in [0.4, 0.5) is 0 Å². The van der Waals surface area contributed by atoms with Crippen molar-refractivity contribution in [2.75, 3.05) is 19.7 Å². The number of likely N-dealkylation sites (N-methyl/N-ethyl adjacent to an activating group) is 1. The maximum Gasteiger partial charge on any atom is 0.165 e. The lowest BCUT2D eigenvalue weighted by atomic mass is 9.76. The summed E-state index contributed by atoms with van der Waals surface area (Å²) in [5.74, 6) is 0.781. The van der Waals surface area contributed by atoms with Crippen molar-refractivity contribution in [2.45, 2.75) is 39.2 Å². The van der Waals surface area contributed by atoms with Crippen LogP contribution in [0, 0.1) is 0 Å². The number of fused-ring (bicyclic) bond motifs is 2. The number of ether oxygens (including phenoxy) is 1. The Morgan fingerprint density at radius 2 is 2.00 bits per heavy atom. The van der Waals surface area contributed by atoms with Crippen LogP contribution in [0.2, 0.25) is 0 Å². The molecule has 0 amide bonds. The molecule has 2 aliphatic rings. The Balaban J connectivity index is 1.94. The molecule has 4 heteroatoms. The second kappa shape index (κ2) is 6.26. The Hall–Kier alpha value is -2.20. The molecule has 0 spiro atoms. The Bertz CT molecular complexity index is 815. The lowest BCUT2D eigenvalue weighted by Crippen LogP contribution is -2.38. The zero-order valence-electron chi connectivity index (χ0n) is 14.9. The molecule has 0 saturated heterocycles. The molecule has 2 N–H and O–H groups in total. The summed E-state index contributed by atoms with van der Waals surface area (Å²) in [4.78, 5) is 2.51. The number of phenols is 2. The molecule has 1 heterocycles. The van der Waals surface area contributed by atoms with Crippen LogP contribution in [0.15, 0.2) is 24.3 Å². The molecule has 1 aliphatic carbocycles. The molecule has 1 unspecified atom stereocenters. The zero-order valence-corrected chi connectivity index (χ0v) is 14.9. The number of rotatable bonds is 4. The second-order valence-corrected chi connectivity index (χ2v) is 6.96. The molecule has 1 atom stereocenters. The van der Waals surface area contributed by atoms with Gasteiger partial charge >= 0.3 is 0 Å². The van der Waals surface area contributed by atoms with Crippen molar-refractivity contribution in [2.24, 2.45) is 0 Å². The average molecular weight is 339 g/mol.